The van der Waals surface area contributed by atoms with Gasteiger partial charge in [-0.05, 0) is 24.0 Å². The lowest BCUT2D eigenvalue weighted by atomic mass is 9.89. The van der Waals surface area contributed by atoms with Crippen LogP contribution in [0.5, 0.6) is 0 Å². The van der Waals surface area contributed by atoms with E-state index in [2.05, 4.69) is 26.8 Å². The average Bonchev–Trinajstić information content (AvgIpc) is 2.52. The van der Waals surface area contributed by atoms with Crippen LogP contribution in [-0.2, 0) is 12.0 Å². The highest BCUT2D eigenvalue weighted by Crippen LogP contribution is 2.32. The SMILES string of the molecule is CCC(C)(C)c1ccc(CO)s1. The molecular formula is C10H16OS. The Balaban J connectivity index is 2.88. The lowest BCUT2D eigenvalue weighted by Gasteiger charge is -2.20. The van der Waals surface area contributed by atoms with E-state index in [1.165, 1.54) is 4.88 Å². The van der Waals surface area contributed by atoms with Gasteiger partial charge in [0.2, 0.25) is 0 Å². The van der Waals surface area contributed by atoms with Crippen molar-refractivity contribution in [3.05, 3.63) is 21.9 Å². The molecule has 0 aromatic carbocycles. The van der Waals surface area contributed by atoms with E-state index in [9.17, 15) is 0 Å². The van der Waals surface area contributed by atoms with Crippen LogP contribution in [-0.4, -0.2) is 5.11 Å². The fraction of sp³-hybridized carbons (Fsp3) is 0.600. The minimum atomic E-state index is 0.171. The molecule has 68 valence electrons. The molecule has 0 bridgehead atoms. The van der Waals surface area contributed by atoms with Gasteiger partial charge < -0.3 is 5.11 Å². The molecule has 0 fully saturated rings. The summed E-state index contributed by atoms with van der Waals surface area (Å²) in [5, 5.41) is 8.90. The molecule has 0 aliphatic rings. The first-order valence-electron chi connectivity index (χ1n) is 4.30. The van der Waals surface area contributed by atoms with Crippen LogP contribution < -0.4 is 0 Å². The largest absolute Gasteiger partial charge is 0.391 e. The highest BCUT2D eigenvalue weighted by molar-refractivity contribution is 7.12. The Hall–Kier alpha value is -0.340. The van der Waals surface area contributed by atoms with Gasteiger partial charge in [-0.1, -0.05) is 20.8 Å². The van der Waals surface area contributed by atoms with E-state index >= 15 is 0 Å². The van der Waals surface area contributed by atoms with Crippen molar-refractivity contribution in [1.29, 1.82) is 0 Å². The van der Waals surface area contributed by atoms with Gasteiger partial charge in [0.05, 0.1) is 6.61 Å². The summed E-state index contributed by atoms with van der Waals surface area (Å²) < 4.78 is 0. The molecule has 12 heavy (non-hydrogen) atoms. The first kappa shape index (κ1) is 9.75. The van der Waals surface area contributed by atoms with Gasteiger partial charge in [0.1, 0.15) is 0 Å². The number of thiophene rings is 1. The third kappa shape index (κ3) is 1.87. The van der Waals surface area contributed by atoms with Gasteiger partial charge in [0.15, 0.2) is 0 Å². The van der Waals surface area contributed by atoms with Crippen LogP contribution in [0.3, 0.4) is 0 Å². The molecule has 0 aliphatic heterocycles. The summed E-state index contributed by atoms with van der Waals surface area (Å²) in [4.78, 5) is 2.43. The molecular weight excluding hydrogens is 168 g/mol. The molecule has 1 aromatic heterocycles. The molecule has 1 rings (SSSR count). The number of aliphatic hydroxyl groups excluding tert-OH is 1. The fourth-order valence-corrected chi connectivity index (χ4v) is 2.04. The van der Waals surface area contributed by atoms with Gasteiger partial charge in [0.25, 0.3) is 0 Å². The topological polar surface area (TPSA) is 20.2 Å². The van der Waals surface area contributed by atoms with Gasteiger partial charge in [-0.3, -0.25) is 0 Å². The maximum Gasteiger partial charge on any atom is 0.0774 e. The average molecular weight is 184 g/mol. The molecule has 0 atom stereocenters. The van der Waals surface area contributed by atoms with Crippen LogP contribution in [0.2, 0.25) is 0 Å². The normalized spacial score (nSPS) is 12.0. The molecule has 0 unspecified atom stereocenters. The summed E-state index contributed by atoms with van der Waals surface area (Å²) in [6, 6.07) is 4.14. The van der Waals surface area contributed by atoms with Crippen molar-refractivity contribution in [3.8, 4) is 0 Å². The minimum Gasteiger partial charge on any atom is -0.391 e. The van der Waals surface area contributed by atoms with Gasteiger partial charge >= 0.3 is 0 Å². The first-order valence-corrected chi connectivity index (χ1v) is 5.12. The van der Waals surface area contributed by atoms with Crippen molar-refractivity contribution in [2.75, 3.05) is 0 Å². The molecule has 0 saturated carbocycles. The predicted molar refractivity (Wildman–Crippen MR) is 53.6 cm³/mol. The Bertz CT molecular complexity index is 250. The fourth-order valence-electron chi connectivity index (χ4n) is 1.00. The molecule has 0 aliphatic carbocycles. The maximum absolute atomic E-state index is 8.90. The van der Waals surface area contributed by atoms with Crippen molar-refractivity contribution in [3.63, 3.8) is 0 Å². The second kappa shape index (κ2) is 3.58. The Morgan fingerprint density at radius 2 is 2.08 bits per heavy atom. The maximum atomic E-state index is 8.90. The quantitative estimate of drug-likeness (QED) is 0.765. The third-order valence-electron chi connectivity index (χ3n) is 2.37. The van der Waals surface area contributed by atoms with Gasteiger partial charge in [-0.2, -0.15) is 0 Å². The van der Waals surface area contributed by atoms with Gasteiger partial charge in [0, 0.05) is 9.75 Å². The van der Waals surface area contributed by atoms with Crippen molar-refractivity contribution >= 4 is 11.3 Å². The molecule has 1 heterocycles. The summed E-state index contributed by atoms with van der Waals surface area (Å²) >= 11 is 1.71. The van der Waals surface area contributed by atoms with Crippen LogP contribution in [0.25, 0.3) is 0 Å². The highest BCUT2D eigenvalue weighted by atomic mass is 32.1. The summed E-state index contributed by atoms with van der Waals surface area (Å²) in [7, 11) is 0. The van der Waals surface area contributed by atoms with Crippen LogP contribution in [0.1, 0.15) is 36.9 Å². The number of aliphatic hydroxyl groups is 1. The zero-order chi connectivity index (χ0) is 9.19. The van der Waals surface area contributed by atoms with Gasteiger partial charge in [-0.25, -0.2) is 0 Å². The van der Waals surface area contributed by atoms with E-state index in [0.717, 1.165) is 11.3 Å². The molecule has 2 heteroatoms. The predicted octanol–water partition coefficient (Wildman–Crippen LogP) is 2.93. The van der Waals surface area contributed by atoms with Gasteiger partial charge in [-0.15, -0.1) is 11.3 Å². The van der Waals surface area contributed by atoms with E-state index < -0.39 is 0 Å². The Labute approximate surface area is 78.1 Å². The molecule has 0 radical (unpaired) electrons. The zero-order valence-corrected chi connectivity index (χ0v) is 8.74. The molecule has 1 N–H and O–H groups in total. The monoisotopic (exact) mass is 184 g/mol. The highest BCUT2D eigenvalue weighted by Gasteiger charge is 2.19. The second-order valence-electron chi connectivity index (χ2n) is 3.66. The summed E-state index contributed by atoms with van der Waals surface area (Å²) in [6.45, 7) is 6.84. The standard InChI is InChI=1S/C10H16OS/c1-4-10(2,3)9-6-5-8(7-11)12-9/h5-6,11H,4,7H2,1-3H3. The lowest BCUT2D eigenvalue weighted by molar-refractivity contribution is 0.285. The van der Waals surface area contributed by atoms with Crippen molar-refractivity contribution in [2.24, 2.45) is 0 Å². The van der Waals surface area contributed by atoms with Crippen LogP contribution in [0, 0.1) is 0 Å². The van der Waals surface area contributed by atoms with E-state index in [0.29, 0.717) is 0 Å². The summed E-state index contributed by atoms with van der Waals surface area (Å²) in [5.41, 5.74) is 0.262. The number of hydrogen-bond acceptors (Lipinski definition) is 2. The first-order chi connectivity index (χ1) is 5.60. The number of hydrogen-bond donors (Lipinski definition) is 1. The second-order valence-corrected chi connectivity index (χ2v) is 4.83. The van der Waals surface area contributed by atoms with E-state index in [1.54, 1.807) is 11.3 Å². The summed E-state index contributed by atoms with van der Waals surface area (Å²) in [5.74, 6) is 0. The smallest absolute Gasteiger partial charge is 0.0774 e. The Morgan fingerprint density at radius 1 is 1.42 bits per heavy atom. The zero-order valence-electron chi connectivity index (χ0n) is 7.92. The van der Waals surface area contributed by atoms with E-state index in [4.69, 9.17) is 5.11 Å². The molecule has 0 amide bonds. The van der Waals surface area contributed by atoms with Crippen molar-refractivity contribution in [1.82, 2.24) is 0 Å². The van der Waals surface area contributed by atoms with Crippen molar-refractivity contribution in [2.45, 2.75) is 39.2 Å². The molecule has 1 nitrogen and oxygen atoms in total. The minimum absolute atomic E-state index is 0.171. The van der Waals surface area contributed by atoms with E-state index in [1.807, 2.05) is 6.07 Å². The van der Waals surface area contributed by atoms with Crippen LogP contribution in [0.15, 0.2) is 12.1 Å². The molecule has 0 saturated heterocycles. The lowest BCUT2D eigenvalue weighted by Crippen LogP contribution is -2.12. The van der Waals surface area contributed by atoms with Crippen LogP contribution in [0.4, 0.5) is 0 Å². The molecule has 1 aromatic rings. The molecule has 0 spiro atoms. The van der Waals surface area contributed by atoms with E-state index in [-0.39, 0.29) is 12.0 Å². The van der Waals surface area contributed by atoms with Crippen LogP contribution >= 0.6 is 11.3 Å². The number of rotatable bonds is 3. The third-order valence-corrected chi connectivity index (χ3v) is 3.80. The Kier molecular flexibility index (Phi) is 2.91. The van der Waals surface area contributed by atoms with Crippen molar-refractivity contribution < 1.29 is 5.11 Å². The summed E-state index contributed by atoms with van der Waals surface area (Å²) in [6.07, 6.45) is 1.14. The Morgan fingerprint density at radius 3 is 2.50 bits per heavy atom.